The Balaban J connectivity index is 0. The van der Waals surface area contributed by atoms with Gasteiger partial charge in [0.1, 0.15) is 0 Å². The lowest BCUT2D eigenvalue weighted by molar-refractivity contribution is -0.135. The molecular formula is C5H7ClO3. The molecule has 3 nitrogen and oxygen atoms in total. The Bertz CT molecular complexity index is 107. The normalized spacial score (nSPS) is 6.33. The van der Waals surface area contributed by atoms with Crippen molar-refractivity contribution in [2.45, 2.75) is 0 Å². The minimum atomic E-state index is -1.38. The Morgan fingerprint density at radius 3 is 1.67 bits per heavy atom. The van der Waals surface area contributed by atoms with E-state index in [2.05, 4.69) is 13.2 Å². The lowest BCUT2D eigenvalue weighted by Gasteiger charge is -1.79. The first-order chi connectivity index (χ1) is 4.06. The molecule has 52 valence electrons. The quantitative estimate of drug-likeness (QED) is 0.440. The lowest BCUT2D eigenvalue weighted by atomic mass is 10.6. The monoisotopic (exact) mass is 150 g/mol. The van der Waals surface area contributed by atoms with Crippen LogP contribution in [0.25, 0.3) is 0 Å². The van der Waals surface area contributed by atoms with Crippen LogP contribution < -0.4 is 0 Å². The molecule has 0 aromatic carbocycles. The first-order valence-corrected chi connectivity index (χ1v) is 2.32. The second-order valence-corrected chi connectivity index (χ2v) is 1.21. The number of aliphatic carboxylic acids is 1. The van der Waals surface area contributed by atoms with Gasteiger partial charge >= 0.3 is 5.97 Å². The Hall–Kier alpha value is -0.960. The Kier molecular flexibility index (Phi) is 8.54. The molecule has 9 heavy (non-hydrogen) atoms. The number of hydrogen-bond acceptors (Lipinski definition) is 2. The average Bonchev–Trinajstić information content (AvgIpc) is 1.68. The topological polar surface area (TPSA) is 57.5 Å². The summed E-state index contributed by atoms with van der Waals surface area (Å²) in [5.74, 6) is -2.20. The second kappa shape index (κ2) is 7.04. The fourth-order valence-corrected chi connectivity index (χ4v) is 0. The molecule has 2 N–H and O–H groups in total. The largest absolute Gasteiger partial charge is 0.502 e. The number of carboxylic acids is 1. The fourth-order valence-electron chi connectivity index (χ4n) is 0. The molecule has 0 heterocycles. The van der Waals surface area contributed by atoms with Gasteiger partial charge in [-0.1, -0.05) is 18.2 Å². The van der Waals surface area contributed by atoms with Crippen molar-refractivity contribution in [1.82, 2.24) is 0 Å². The van der Waals surface area contributed by atoms with Crippen LogP contribution in [0.15, 0.2) is 24.5 Å². The van der Waals surface area contributed by atoms with Crippen molar-refractivity contribution in [3.8, 4) is 0 Å². The number of aliphatic hydroxyl groups excluding tert-OH is 1. The zero-order valence-electron chi connectivity index (χ0n) is 4.67. The molecule has 0 aromatic rings. The molecule has 0 bridgehead atoms. The molecule has 0 fully saturated rings. The minimum absolute atomic E-state index is 0.824. The van der Waals surface area contributed by atoms with Crippen molar-refractivity contribution in [2.24, 2.45) is 0 Å². The maximum Gasteiger partial charge on any atom is 0.370 e. The van der Waals surface area contributed by atoms with Crippen LogP contribution in [0.5, 0.6) is 0 Å². The predicted octanol–water partition coefficient (Wildman–Crippen LogP) is 1.51. The van der Waals surface area contributed by atoms with Crippen LogP contribution in [-0.2, 0) is 4.79 Å². The van der Waals surface area contributed by atoms with Gasteiger partial charge in [0.15, 0.2) is 5.76 Å². The Labute approximate surface area is 57.9 Å². The summed E-state index contributed by atoms with van der Waals surface area (Å²) in [5.41, 5.74) is 1.22. The zero-order valence-corrected chi connectivity index (χ0v) is 5.43. The molecule has 0 unspecified atom stereocenters. The van der Waals surface area contributed by atoms with E-state index in [9.17, 15) is 4.79 Å². The van der Waals surface area contributed by atoms with E-state index < -0.39 is 11.7 Å². The summed E-state index contributed by atoms with van der Waals surface area (Å²) in [5, 5.41) is 15.5. The SMILES string of the molecule is C=C(O)C(=O)O.C=CCl. The van der Waals surface area contributed by atoms with Crippen molar-refractivity contribution in [3.05, 3.63) is 24.5 Å². The van der Waals surface area contributed by atoms with Gasteiger partial charge in [-0.15, -0.1) is 0 Å². The molecule has 0 aliphatic rings. The van der Waals surface area contributed by atoms with Crippen molar-refractivity contribution in [2.75, 3.05) is 0 Å². The van der Waals surface area contributed by atoms with Crippen LogP contribution >= 0.6 is 11.6 Å². The Morgan fingerprint density at radius 2 is 1.67 bits per heavy atom. The maximum absolute atomic E-state index is 9.35. The number of rotatable bonds is 1. The van der Waals surface area contributed by atoms with E-state index in [1.165, 1.54) is 5.54 Å². The number of halogens is 1. The van der Waals surface area contributed by atoms with Gasteiger partial charge in [0.05, 0.1) is 0 Å². The standard InChI is InChI=1S/C3H4O3.C2H3Cl/c1-2(4)3(5)6;1-2-3/h4H,1H2,(H,5,6);2H,1H2. The third-order valence-corrected chi connectivity index (χ3v) is 0.247. The summed E-state index contributed by atoms with van der Waals surface area (Å²) in [6.07, 6.45) is 0. The smallest absolute Gasteiger partial charge is 0.370 e. The van der Waals surface area contributed by atoms with E-state index in [4.69, 9.17) is 21.8 Å². The third-order valence-electron chi connectivity index (χ3n) is 0.247. The van der Waals surface area contributed by atoms with Crippen LogP contribution in [0.1, 0.15) is 0 Å². The van der Waals surface area contributed by atoms with Crippen molar-refractivity contribution < 1.29 is 15.0 Å². The van der Waals surface area contributed by atoms with Gasteiger partial charge in [-0.05, 0) is 12.1 Å². The summed E-state index contributed by atoms with van der Waals surface area (Å²) in [6.45, 7) is 5.84. The fraction of sp³-hybridized carbons (Fsp3) is 0. The molecule has 0 aliphatic carbocycles. The molecule has 0 aromatic heterocycles. The summed E-state index contributed by atoms with van der Waals surface area (Å²) in [6, 6.07) is 0. The number of carbonyl (C=O) groups is 1. The van der Waals surface area contributed by atoms with Gasteiger partial charge in [-0.3, -0.25) is 0 Å². The van der Waals surface area contributed by atoms with Crippen molar-refractivity contribution >= 4 is 17.6 Å². The van der Waals surface area contributed by atoms with Gasteiger partial charge < -0.3 is 10.2 Å². The third kappa shape index (κ3) is 19.4. The molecule has 0 saturated heterocycles. The van der Waals surface area contributed by atoms with Crippen LogP contribution in [0.3, 0.4) is 0 Å². The molecule has 0 aliphatic heterocycles. The van der Waals surface area contributed by atoms with Crippen LogP contribution in [0.2, 0.25) is 0 Å². The van der Waals surface area contributed by atoms with Gasteiger partial charge in [0.25, 0.3) is 0 Å². The van der Waals surface area contributed by atoms with Gasteiger partial charge in [0.2, 0.25) is 0 Å². The number of aliphatic hydroxyl groups is 1. The van der Waals surface area contributed by atoms with Crippen molar-refractivity contribution in [3.63, 3.8) is 0 Å². The molecule has 0 atom stereocenters. The summed E-state index contributed by atoms with van der Waals surface area (Å²) >= 11 is 4.76. The highest BCUT2D eigenvalue weighted by molar-refractivity contribution is 6.25. The average molecular weight is 151 g/mol. The van der Waals surface area contributed by atoms with E-state index >= 15 is 0 Å². The lowest BCUT2D eigenvalue weighted by Crippen LogP contribution is -1.95. The number of carboxylic acid groups (broad SMARTS) is 1. The van der Waals surface area contributed by atoms with Crippen molar-refractivity contribution in [1.29, 1.82) is 0 Å². The predicted molar refractivity (Wildman–Crippen MR) is 35.5 cm³/mol. The molecule has 0 radical (unpaired) electrons. The van der Waals surface area contributed by atoms with Crippen LogP contribution in [0, 0.1) is 0 Å². The molecule has 0 saturated carbocycles. The highest BCUT2D eigenvalue weighted by atomic mass is 35.5. The summed E-state index contributed by atoms with van der Waals surface area (Å²) in [7, 11) is 0. The van der Waals surface area contributed by atoms with E-state index in [1.807, 2.05) is 0 Å². The summed E-state index contributed by atoms with van der Waals surface area (Å²) in [4.78, 5) is 9.35. The maximum atomic E-state index is 9.35. The zero-order chi connectivity index (χ0) is 7.86. The van der Waals surface area contributed by atoms with Crippen LogP contribution in [-0.4, -0.2) is 16.2 Å². The van der Waals surface area contributed by atoms with Crippen LogP contribution in [0.4, 0.5) is 0 Å². The highest BCUT2D eigenvalue weighted by Crippen LogP contribution is 1.75. The Morgan fingerprint density at radius 1 is 1.56 bits per heavy atom. The first kappa shape index (κ1) is 10.9. The molecular weight excluding hydrogens is 144 g/mol. The van der Waals surface area contributed by atoms with Gasteiger partial charge in [-0.25, -0.2) is 4.79 Å². The van der Waals surface area contributed by atoms with E-state index in [0.717, 1.165) is 0 Å². The van der Waals surface area contributed by atoms with Gasteiger partial charge in [0, 0.05) is 0 Å². The molecule has 4 heteroatoms. The molecule has 0 rings (SSSR count). The molecule has 0 spiro atoms. The van der Waals surface area contributed by atoms with E-state index in [1.54, 1.807) is 0 Å². The minimum Gasteiger partial charge on any atom is -0.502 e. The highest BCUT2D eigenvalue weighted by Gasteiger charge is 1.94. The van der Waals surface area contributed by atoms with E-state index in [0.29, 0.717) is 0 Å². The second-order valence-electron chi connectivity index (χ2n) is 0.906. The number of hydrogen-bond donors (Lipinski definition) is 2. The van der Waals surface area contributed by atoms with Gasteiger partial charge in [-0.2, -0.15) is 0 Å². The first-order valence-electron chi connectivity index (χ1n) is 1.88. The molecule has 0 amide bonds. The summed E-state index contributed by atoms with van der Waals surface area (Å²) < 4.78 is 0. The van der Waals surface area contributed by atoms with E-state index in [-0.39, 0.29) is 0 Å².